The average molecular weight is 266 g/mol. The number of nitrogens with one attached hydrogen (secondary N) is 1. The van der Waals surface area contributed by atoms with Gasteiger partial charge in [0, 0.05) is 20.1 Å². The van der Waals surface area contributed by atoms with Gasteiger partial charge in [-0.25, -0.2) is 0 Å². The highest BCUT2D eigenvalue weighted by atomic mass is 19.4. The Morgan fingerprint density at radius 1 is 1.28 bits per heavy atom. The first-order valence-electron chi connectivity index (χ1n) is 6.26. The highest BCUT2D eigenvalue weighted by molar-refractivity contribution is 5.76. The molecule has 2 fully saturated rings. The van der Waals surface area contributed by atoms with E-state index in [-0.39, 0.29) is 0 Å². The van der Waals surface area contributed by atoms with Gasteiger partial charge in [-0.1, -0.05) is 0 Å². The van der Waals surface area contributed by atoms with Crippen LogP contribution in [0, 0.1) is 11.8 Å². The number of fused-ring (bicyclic) bond motifs is 2. The van der Waals surface area contributed by atoms with Crippen LogP contribution in [-0.4, -0.2) is 44.2 Å². The molecule has 2 rings (SSSR count). The lowest BCUT2D eigenvalue weighted by Crippen LogP contribution is -2.32. The fourth-order valence-electron chi connectivity index (χ4n) is 2.74. The summed E-state index contributed by atoms with van der Waals surface area (Å²) in [7, 11) is 3.42. The van der Waals surface area contributed by atoms with Crippen molar-refractivity contribution in [2.24, 2.45) is 11.8 Å². The normalized spacial score (nSPS) is 27.4. The predicted octanol–water partition coefficient (Wildman–Crippen LogP) is 2.03. The molecule has 1 heterocycles. The second-order valence-electron chi connectivity index (χ2n) is 5.23. The number of piperidine rings is 1. The van der Waals surface area contributed by atoms with E-state index in [0.29, 0.717) is 0 Å². The van der Waals surface area contributed by atoms with Gasteiger partial charge in [0.25, 0.3) is 0 Å². The Labute approximate surface area is 106 Å². The van der Waals surface area contributed by atoms with Crippen LogP contribution in [-0.2, 0) is 4.79 Å². The summed E-state index contributed by atoms with van der Waals surface area (Å²) in [6, 6.07) is 0. The molecule has 0 radical (unpaired) electrons. The van der Waals surface area contributed by atoms with Crippen LogP contribution < -0.4 is 5.32 Å². The summed E-state index contributed by atoms with van der Waals surface area (Å²) < 4.78 is 33.7. The van der Waals surface area contributed by atoms with Crippen molar-refractivity contribution in [3.63, 3.8) is 0 Å². The maximum Gasteiger partial charge on any atom is 0.397 e. The van der Waals surface area contributed by atoms with Gasteiger partial charge in [-0.05, 0) is 38.1 Å². The molecule has 3 nitrogen and oxygen atoms in total. The standard InChI is InChI=1S/C8H15N.C4H6F3NO/c1-9-5-7-2-3-8(4-7)6-9;1-8-3(9)2-4(5,6)7/h7-8H,2-6H2,1H3;2H2,1H3,(H,8,9)/t7-,8?;/m0./s1. The van der Waals surface area contributed by atoms with Crippen molar-refractivity contribution in [3.05, 3.63) is 0 Å². The molecule has 2 bridgehead atoms. The number of likely N-dealkylation sites (tertiary alicyclic amines) is 1. The molecule has 1 unspecified atom stereocenters. The third kappa shape index (κ3) is 5.71. The minimum atomic E-state index is -4.39. The number of carbonyl (C=O) groups is 1. The van der Waals surface area contributed by atoms with Crippen LogP contribution in [0.1, 0.15) is 25.7 Å². The number of amides is 1. The molecule has 18 heavy (non-hydrogen) atoms. The van der Waals surface area contributed by atoms with E-state index in [1.54, 1.807) is 0 Å². The van der Waals surface area contributed by atoms with Gasteiger partial charge in [-0.15, -0.1) is 0 Å². The van der Waals surface area contributed by atoms with Crippen LogP contribution in [0.2, 0.25) is 0 Å². The zero-order valence-corrected chi connectivity index (χ0v) is 10.9. The minimum absolute atomic E-state index is 1.01. The summed E-state index contributed by atoms with van der Waals surface area (Å²) in [5.74, 6) is 1.12. The summed E-state index contributed by atoms with van der Waals surface area (Å²) in [6.07, 6.45) is -1.24. The molecular formula is C12H21F3N2O. The van der Waals surface area contributed by atoms with Gasteiger partial charge in [-0.2, -0.15) is 13.2 Å². The van der Waals surface area contributed by atoms with Crippen molar-refractivity contribution in [1.82, 2.24) is 10.2 Å². The lowest BCUT2D eigenvalue weighted by atomic mass is 10.00. The van der Waals surface area contributed by atoms with Crippen LogP contribution in [0.4, 0.5) is 13.2 Å². The molecule has 1 saturated heterocycles. The van der Waals surface area contributed by atoms with Gasteiger partial charge in [0.1, 0.15) is 6.42 Å². The zero-order chi connectivity index (χ0) is 13.8. The van der Waals surface area contributed by atoms with Crippen molar-refractivity contribution in [3.8, 4) is 0 Å². The van der Waals surface area contributed by atoms with Crippen LogP contribution in [0.3, 0.4) is 0 Å². The topological polar surface area (TPSA) is 32.3 Å². The lowest BCUT2D eigenvalue weighted by molar-refractivity contribution is -0.153. The SMILES string of the molecule is CN1CC2CC[C@@H](C2)C1.CNC(=O)CC(F)(F)F. The lowest BCUT2D eigenvalue weighted by Gasteiger charge is -2.27. The second kappa shape index (κ2) is 6.41. The first kappa shape index (κ1) is 15.3. The molecule has 0 spiro atoms. The highest BCUT2D eigenvalue weighted by Crippen LogP contribution is 2.35. The molecule has 0 aromatic rings. The molecule has 1 aliphatic heterocycles. The number of halogens is 3. The quantitative estimate of drug-likeness (QED) is 0.787. The van der Waals surface area contributed by atoms with Crippen molar-refractivity contribution in [2.45, 2.75) is 31.9 Å². The predicted molar refractivity (Wildman–Crippen MR) is 63.1 cm³/mol. The molecule has 1 amide bonds. The fraction of sp³-hybridized carbons (Fsp3) is 0.917. The van der Waals surface area contributed by atoms with Gasteiger partial charge in [0.2, 0.25) is 5.91 Å². The van der Waals surface area contributed by atoms with E-state index in [1.807, 2.05) is 5.32 Å². The van der Waals surface area contributed by atoms with E-state index in [4.69, 9.17) is 0 Å². The molecule has 2 atom stereocenters. The number of hydrogen-bond donors (Lipinski definition) is 1. The van der Waals surface area contributed by atoms with E-state index < -0.39 is 18.5 Å². The van der Waals surface area contributed by atoms with E-state index in [9.17, 15) is 18.0 Å². The highest BCUT2D eigenvalue weighted by Gasteiger charge is 2.31. The number of hydrogen-bond acceptors (Lipinski definition) is 2. The van der Waals surface area contributed by atoms with Crippen LogP contribution in [0.5, 0.6) is 0 Å². The number of alkyl halides is 3. The van der Waals surface area contributed by atoms with Crippen LogP contribution in [0.25, 0.3) is 0 Å². The van der Waals surface area contributed by atoms with Gasteiger partial charge in [-0.3, -0.25) is 4.79 Å². The molecule has 0 aromatic carbocycles. The number of carbonyl (C=O) groups excluding carboxylic acids is 1. The Morgan fingerprint density at radius 3 is 2.11 bits per heavy atom. The Kier molecular flexibility index (Phi) is 5.44. The molecule has 106 valence electrons. The summed E-state index contributed by atoms with van der Waals surface area (Å²) >= 11 is 0. The largest absolute Gasteiger partial charge is 0.397 e. The molecule has 0 aromatic heterocycles. The van der Waals surface area contributed by atoms with Crippen molar-refractivity contribution < 1.29 is 18.0 Å². The van der Waals surface area contributed by atoms with Crippen molar-refractivity contribution in [2.75, 3.05) is 27.2 Å². The van der Waals surface area contributed by atoms with Crippen LogP contribution in [0.15, 0.2) is 0 Å². The smallest absolute Gasteiger partial charge is 0.359 e. The number of rotatable bonds is 1. The van der Waals surface area contributed by atoms with E-state index in [0.717, 1.165) is 18.9 Å². The first-order chi connectivity index (χ1) is 8.30. The Hall–Kier alpha value is -0.780. The monoisotopic (exact) mass is 266 g/mol. The molecule has 1 aliphatic carbocycles. The maximum atomic E-state index is 11.2. The molecule has 6 heteroatoms. The minimum Gasteiger partial charge on any atom is -0.359 e. The number of nitrogens with zero attached hydrogens (tertiary/aromatic N) is 1. The summed E-state index contributed by atoms with van der Waals surface area (Å²) in [6.45, 7) is 2.74. The third-order valence-corrected chi connectivity index (χ3v) is 3.43. The fourth-order valence-corrected chi connectivity index (χ4v) is 2.74. The average Bonchev–Trinajstić information content (AvgIpc) is 2.56. The van der Waals surface area contributed by atoms with E-state index in [1.165, 1.54) is 32.4 Å². The van der Waals surface area contributed by atoms with Gasteiger partial charge < -0.3 is 10.2 Å². The molecule has 2 aliphatic rings. The Balaban J connectivity index is 0.000000180. The molecular weight excluding hydrogens is 245 g/mol. The van der Waals surface area contributed by atoms with E-state index >= 15 is 0 Å². The third-order valence-electron chi connectivity index (χ3n) is 3.43. The molecule has 1 N–H and O–H groups in total. The van der Waals surface area contributed by atoms with Crippen molar-refractivity contribution in [1.29, 1.82) is 0 Å². The zero-order valence-electron chi connectivity index (χ0n) is 10.9. The second-order valence-corrected chi connectivity index (χ2v) is 5.23. The summed E-state index contributed by atoms with van der Waals surface area (Å²) in [4.78, 5) is 12.5. The van der Waals surface area contributed by atoms with Gasteiger partial charge in [0.05, 0.1) is 0 Å². The van der Waals surface area contributed by atoms with E-state index in [2.05, 4.69) is 11.9 Å². The Morgan fingerprint density at radius 2 is 1.78 bits per heavy atom. The van der Waals surface area contributed by atoms with Crippen molar-refractivity contribution >= 4 is 5.91 Å². The Bertz CT molecular complexity index is 269. The van der Waals surface area contributed by atoms with Crippen LogP contribution >= 0.6 is 0 Å². The summed E-state index contributed by atoms with van der Waals surface area (Å²) in [5, 5.41) is 1.86. The molecule has 1 saturated carbocycles. The first-order valence-corrected chi connectivity index (χ1v) is 6.26. The summed E-state index contributed by atoms with van der Waals surface area (Å²) in [5.41, 5.74) is 0. The van der Waals surface area contributed by atoms with Gasteiger partial charge >= 0.3 is 6.18 Å². The maximum absolute atomic E-state index is 11.2. The van der Waals surface area contributed by atoms with Gasteiger partial charge in [0.15, 0.2) is 0 Å².